The number of aryl methyl sites for hydroxylation is 1. The lowest BCUT2D eigenvalue weighted by Gasteiger charge is -2.35. The van der Waals surface area contributed by atoms with E-state index in [2.05, 4.69) is 22.4 Å². The first-order valence-corrected chi connectivity index (χ1v) is 11.5. The second-order valence-corrected chi connectivity index (χ2v) is 8.51. The summed E-state index contributed by atoms with van der Waals surface area (Å²) < 4.78 is 5.74. The number of urea groups is 1. The first kappa shape index (κ1) is 21.9. The average molecular weight is 471 g/mol. The van der Waals surface area contributed by atoms with Crippen molar-refractivity contribution >= 4 is 28.9 Å². The van der Waals surface area contributed by atoms with Gasteiger partial charge in [-0.1, -0.05) is 78.3 Å². The van der Waals surface area contributed by atoms with Crippen LogP contribution in [0.1, 0.15) is 36.9 Å². The molecule has 5 rings (SSSR count). The summed E-state index contributed by atoms with van der Waals surface area (Å²) in [5.41, 5.74) is 5.14. The Hall–Kier alpha value is -3.90. The van der Waals surface area contributed by atoms with Crippen LogP contribution in [0.2, 0.25) is 5.02 Å². The maximum Gasteiger partial charge on any atom is 0.326 e. The maximum absolute atomic E-state index is 13.3. The number of benzene rings is 3. The Morgan fingerprint density at radius 3 is 2.38 bits per heavy atom. The molecule has 0 spiro atoms. The Bertz CT molecular complexity index is 1350. The highest BCUT2D eigenvalue weighted by Gasteiger charge is 2.36. The first-order chi connectivity index (χ1) is 16.5. The number of amides is 2. The molecule has 2 amide bonds. The molecule has 0 saturated carbocycles. The molecule has 1 unspecified atom stereocenters. The van der Waals surface area contributed by atoms with E-state index in [-0.39, 0.29) is 6.03 Å². The van der Waals surface area contributed by atoms with Crippen molar-refractivity contribution in [3.63, 3.8) is 0 Å². The number of hydrogen-bond donors (Lipinski definition) is 1. The Kier molecular flexibility index (Phi) is 5.90. The Balaban J connectivity index is 1.64. The number of anilines is 1. The molecule has 1 atom stereocenters. The number of nitrogens with one attached hydrogen (secondary N) is 1. The van der Waals surface area contributed by atoms with Crippen LogP contribution < -0.4 is 10.2 Å². The van der Waals surface area contributed by atoms with Crippen LogP contribution in [-0.4, -0.2) is 16.2 Å². The molecular formula is C27H23ClN4O2. The minimum atomic E-state index is -0.472. The topological polar surface area (TPSA) is 71.3 Å². The Labute approximate surface area is 202 Å². The third-order valence-corrected chi connectivity index (χ3v) is 6.23. The molecule has 4 aromatic rings. The van der Waals surface area contributed by atoms with Crippen LogP contribution >= 0.6 is 11.6 Å². The number of carbonyl (C=O) groups is 1. The number of halogens is 1. The summed E-state index contributed by atoms with van der Waals surface area (Å²) in [4.78, 5) is 19.6. The maximum atomic E-state index is 13.3. The van der Waals surface area contributed by atoms with Crippen LogP contribution in [0.15, 0.2) is 89.1 Å². The van der Waals surface area contributed by atoms with Crippen LogP contribution in [-0.2, 0) is 6.42 Å². The molecule has 3 aromatic carbocycles. The smallest absolute Gasteiger partial charge is 0.326 e. The summed E-state index contributed by atoms with van der Waals surface area (Å²) in [7, 11) is 0. The lowest BCUT2D eigenvalue weighted by Crippen LogP contribution is -2.46. The number of nitrogens with zero attached hydrogens (tertiary/aromatic N) is 3. The van der Waals surface area contributed by atoms with Gasteiger partial charge in [0.05, 0.1) is 17.3 Å². The molecule has 0 saturated heterocycles. The van der Waals surface area contributed by atoms with E-state index in [0.717, 1.165) is 34.5 Å². The standard InChI is InChI=1S/C27H23ClN4O2/c1-3-18-9-15-22(16-10-18)32-17(2)23(24(29-27(32)33)19-11-13-21(28)14-12-19)26-30-25(31-34-26)20-7-5-4-6-8-20/h4-16,24H,3H2,1-2H3,(H,29,33). The zero-order valence-electron chi connectivity index (χ0n) is 18.8. The van der Waals surface area contributed by atoms with Crippen LogP contribution in [0.5, 0.6) is 0 Å². The predicted molar refractivity (Wildman–Crippen MR) is 133 cm³/mol. The fourth-order valence-electron chi connectivity index (χ4n) is 4.15. The number of allylic oxidation sites excluding steroid dienone is 1. The van der Waals surface area contributed by atoms with Gasteiger partial charge < -0.3 is 9.84 Å². The van der Waals surface area contributed by atoms with Crippen molar-refractivity contribution in [1.82, 2.24) is 15.5 Å². The zero-order valence-corrected chi connectivity index (χ0v) is 19.6. The van der Waals surface area contributed by atoms with Gasteiger partial charge in [0.1, 0.15) is 0 Å². The van der Waals surface area contributed by atoms with Crippen molar-refractivity contribution in [3.05, 3.63) is 107 Å². The van der Waals surface area contributed by atoms with Crippen molar-refractivity contribution in [2.24, 2.45) is 0 Å². The lowest BCUT2D eigenvalue weighted by molar-refractivity contribution is 0.244. The highest BCUT2D eigenvalue weighted by atomic mass is 35.5. The second kappa shape index (κ2) is 9.15. The molecule has 1 aliphatic rings. The Morgan fingerprint density at radius 2 is 1.71 bits per heavy atom. The molecule has 0 radical (unpaired) electrons. The van der Waals surface area contributed by atoms with E-state index in [1.54, 1.807) is 17.0 Å². The summed E-state index contributed by atoms with van der Waals surface area (Å²) in [5.74, 6) is 0.841. The Morgan fingerprint density at radius 1 is 1.00 bits per heavy atom. The highest BCUT2D eigenvalue weighted by molar-refractivity contribution is 6.30. The summed E-state index contributed by atoms with van der Waals surface area (Å²) >= 11 is 6.11. The van der Waals surface area contributed by atoms with Crippen molar-refractivity contribution < 1.29 is 9.32 Å². The fraction of sp³-hybridized carbons (Fsp3) is 0.148. The molecule has 34 heavy (non-hydrogen) atoms. The highest BCUT2D eigenvalue weighted by Crippen LogP contribution is 2.39. The molecule has 170 valence electrons. The minimum Gasteiger partial charge on any atom is -0.334 e. The molecule has 0 bridgehead atoms. The van der Waals surface area contributed by atoms with Gasteiger partial charge in [-0.2, -0.15) is 4.98 Å². The lowest BCUT2D eigenvalue weighted by atomic mass is 9.94. The second-order valence-electron chi connectivity index (χ2n) is 8.08. The van der Waals surface area contributed by atoms with Crippen LogP contribution in [0.3, 0.4) is 0 Å². The van der Waals surface area contributed by atoms with Gasteiger partial charge in [0.2, 0.25) is 5.82 Å². The van der Waals surface area contributed by atoms with E-state index in [0.29, 0.717) is 16.7 Å². The molecule has 1 aliphatic heterocycles. The van der Waals surface area contributed by atoms with E-state index in [1.807, 2.05) is 73.7 Å². The van der Waals surface area contributed by atoms with Crippen molar-refractivity contribution in [2.45, 2.75) is 26.3 Å². The molecule has 1 N–H and O–H groups in total. The zero-order chi connectivity index (χ0) is 23.7. The number of hydrogen-bond acceptors (Lipinski definition) is 4. The first-order valence-electron chi connectivity index (χ1n) is 11.1. The molecule has 0 aliphatic carbocycles. The average Bonchev–Trinajstić information content (AvgIpc) is 3.35. The van der Waals surface area contributed by atoms with Crippen LogP contribution in [0.25, 0.3) is 17.0 Å². The van der Waals surface area contributed by atoms with Crippen LogP contribution in [0.4, 0.5) is 10.5 Å². The third kappa shape index (κ3) is 4.08. The van der Waals surface area contributed by atoms with Gasteiger partial charge in [-0.05, 0) is 48.7 Å². The summed E-state index contributed by atoms with van der Waals surface area (Å²) in [6, 6.07) is 24.3. The summed E-state index contributed by atoms with van der Waals surface area (Å²) in [5, 5.41) is 7.94. The van der Waals surface area contributed by atoms with Gasteiger partial charge in [-0.25, -0.2) is 4.79 Å². The molecular weight excluding hydrogens is 448 g/mol. The third-order valence-electron chi connectivity index (χ3n) is 5.98. The van der Waals surface area contributed by atoms with Crippen molar-refractivity contribution in [2.75, 3.05) is 4.90 Å². The molecule has 7 heteroatoms. The number of aromatic nitrogens is 2. The number of rotatable bonds is 5. The SMILES string of the molecule is CCc1ccc(N2C(=O)NC(c3ccc(Cl)cc3)C(c3nc(-c4ccccc4)no3)=C2C)cc1. The predicted octanol–water partition coefficient (Wildman–Crippen LogP) is 6.65. The van der Waals surface area contributed by atoms with Crippen LogP contribution in [0, 0.1) is 0 Å². The fourth-order valence-corrected chi connectivity index (χ4v) is 4.28. The van der Waals surface area contributed by atoms with Crippen molar-refractivity contribution in [1.29, 1.82) is 0 Å². The van der Waals surface area contributed by atoms with Gasteiger partial charge in [0.25, 0.3) is 5.89 Å². The largest absolute Gasteiger partial charge is 0.334 e. The quantitative estimate of drug-likeness (QED) is 0.354. The van der Waals surface area contributed by atoms with Gasteiger partial charge in [0, 0.05) is 16.3 Å². The van der Waals surface area contributed by atoms with E-state index < -0.39 is 6.04 Å². The van der Waals surface area contributed by atoms with Gasteiger partial charge >= 0.3 is 6.03 Å². The minimum absolute atomic E-state index is 0.228. The normalized spacial score (nSPS) is 16.0. The van der Waals surface area contributed by atoms with E-state index in [1.165, 1.54) is 5.56 Å². The van der Waals surface area contributed by atoms with Gasteiger partial charge in [-0.3, -0.25) is 4.90 Å². The van der Waals surface area contributed by atoms with Gasteiger partial charge in [-0.15, -0.1) is 0 Å². The van der Waals surface area contributed by atoms with E-state index >= 15 is 0 Å². The molecule has 0 fully saturated rings. The molecule has 1 aromatic heterocycles. The molecule has 6 nitrogen and oxygen atoms in total. The molecule has 2 heterocycles. The van der Waals surface area contributed by atoms with E-state index in [9.17, 15) is 4.79 Å². The van der Waals surface area contributed by atoms with Gasteiger partial charge in [0.15, 0.2) is 0 Å². The van der Waals surface area contributed by atoms with Crippen molar-refractivity contribution in [3.8, 4) is 11.4 Å². The summed E-state index contributed by atoms with van der Waals surface area (Å²) in [6.45, 7) is 4.00. The monoisotopic (exact) mass is 470 g/mol. The summed E-state index contributed by atoms with van der Waals surface area (Å²) in [6.07, 6.45) is 0.926. The van der Waals surface area contributed by atoms with E-state index in [4.69, 9.17) is 16.1 Å². The number of carbonyl (C=O) groups excluding carboxylic acids is 1.